The highest BCUT2D eigenvalue weighted by atomic mass is 32.2. The Labute approximate surface area is 169 Å². The normalized spacial score (nSPS) is 20.9. The van der Waals surface area contributed by atoms with Gasteiger partial charge in [-0.3, -0.25) is 0 Å². The molecule has 0 radical (unpaired) electrons. The minimum atomic E-state index is -4.48. The number of hydrogen-bond acceptors (Lipinski definition) is 3. The van der Waals surface area contributed by atoms with E-state index >= 15 is 0 Å². The van der Waals surface area contributed by atoms with Crippen molar-refractivity contribution in [1.29, 1.82) is 0 Å². The molecule has 1 aromatic carbocycles. The second kappa shape index (κ2) is 8.87. The molecular formula is C20H26F3N3O2S. The third-order valence-corrected chi connectivity index (χ3v) is 7.62. The number of aromatic nitrogens is 2. The van der Waals surface area contributed by atoms with Crippen molar-refractivity contribution < 1.29 is 21.6 Å². The maximum Gasteiger partial charge on any atom is 0.416 e. The number of sulfonamides is 1. The van der Waals surface area contributed by atoms with E-state index in [-0.39, 0.29) is 4.90 Å². The van der Waals surface area contributed by atoms with Gasteiger partial charge in [0, 0.05) is 32.4 Å². The Hall–Kier alpha value is -1.87. The van der Waals surface area contributed by atoms with Gasteiger partial charge in [-0.2, -0.15) is 13.2 Å². The number of nitrogens with one attached hydrogen (secondary N) is 1. The molecule has 0 spiro atoms. The molecule has 0 atom stereocenters. The summed E-state index contributed by atoms with van der Waals surface area (Å²) in [6.45, 7) is 0.358. The van der Waals surface area contributed by atoms with Crippen molar-refractivity contribution in [3.8, 4) is 0 Å². The van der Waals surface area contributed by atoms with E-state index < -0.39 is 21.8 Å². The van der Waals surface area contributed by atoms with Gasteiger partial charge >= 0.3 is 6.18 Å². The average molecular weight is 430 g/mol. The summed E-state index contributed by atoms with van der Waals surface area (Å²) in [6, 6.07) is 3.66. The van der Waals surface area contributed by atoms with Crippen LogP contribution in [0.5, 0.6) is 0 Å². The summed E-state index contributed by atoms with van der Waals surface area (Å²) < 4.78 is 64.5. The summed E-state index contributed by atoms with van der Waals surface area (Å²) in [5, 5.41) is 0. The monoisotopic (exact) mass is 429 g/mol. The van der Waals surface area contributed by atoms with Crippen LogP contribution in [0.25, 0.3) is 0 Å². The van der Waals surface area contributed by atoms with Crippen LogP contribution in [0.1, 0.15) is 43.5 Å². The lowest BCUT2D eigenvalue weighted by Gasteiger charge is -2.29. The van der Waals surface area contributed by atoms with Crippen molar-refractivity contribution in [2.45, 2.75) is 49.6 Å². The van der Waals surface area contributed by atoms with E-state index in [4.69, 9.17) is 0 Å². The van der Waals surface area contributed by atoms with E-state index in [9.17, 15) is 21.6 Å². The average Bonchev–Trinajstić information content (AvgIpc) is 3.19. The zero-order valence-electron chi connectivity index (χ0n) is 16.3. The molecule has 0 saturated heterocycles. The summed E-state index contributed by atoms with van der Waals surface area (Å²) in [7, 11) is -2.31. The number of benzene rings is 1. The second-order valence-corrected chi connectivity index (χ2v) is 9.81. The zero-order valence-corrected chi connectivity index (χ0v) is 17.1. The van der Waals surface area contributed by atoms with Gasteiger partial charge in [0.05, 0.1) is 10.5 Å². The van der Waals surface area contributed by atoms with E-state index in [0.29, 0.717) is 18.4 Å². The first kappa shape index (κ1) is 21.8. The molecule has 0 bridgehead atoms. The van der Waals surface area contributed by atoms with Crippen LogP contribution in [-0.4, -0.2) is 36.3 Å². The number of nitrogens with zero attached hydrogens (tertiary/aromatic N) is 2. The van der Waals surface area contributed by atoms with Gasteiger partial charge in [0.25, 0.3) is 0 Å². The van der Waals surface area contributed by atoms with Crippen molar-refractivity contribution in [2.75, 3.05) is 13.6 Å². The molecule has 1 fully saturated rings. The van der Waals surface area contributed by atoms with Crippen LogP contribution in [0, 0.1) is 11.8 Å². The summed E-state index contributed by atoms with van der Waals surface area (Å²) >= 11 is 0. The molecule has 1 saturated carbocycles. The van der Waals surface area contributed by atoms with E-state index in [1.165, 1.54) is 11.4 Å². The van der Waals surface area contributed by atoms with E-state index in [2.05, 4.69) is 9.97 Å². The highest BCUT2D eigenvalue weighted by molar-refractivity contribution is 7.89. The lowest BCUT2D eigenvalue weighted by Crippen LogP contribution is -2.30. The van der Waals surface area contributed by atoms with Crippen LogP contribution in [0.4, 0.5) is 13.2 Å². The number of aromatic amines is 1. The Bertz CT molecular complexity index is 873. The molecule has 160 valence electrons. The molecular weight excluding hydrogens is 403 g/mol. The van der Waals surface area contributed by atoms with Crippen molar-refractivity contribution >= 4 is 10.0 Å². The lowest BCUT2D eigenvalue weighted by atomic mass is 9.79. The minimum absolute atomic E-state index is 0.116. The van der Waals surface area contributed by atoms with Gasteiger partial charge in [0.15, 0.2) is 0 Å². The standard InChI is InChI=1S/C20H26F3N3O2S/c1-26(29(27,28)18-8-6-17(7-9-18)20(21,22)23)13-10-15-2-4-16(5-3-15)14-19-24-11-12-25-19/h6-9,11-12,15-16H,2-5,10,13-14H2,1H3,(H,24,25). The summed E-state index contributed by atoms with van der Waals surface area (Å²) in [4.78, 5) is 7.29. The predicted octanol–water partition coefficient (Wildman–Crippen LogP) is 4.49. The van der Waals surface area contributed by atoms with Crippen molar-refractivity contribution in [2.24, 2.45) is 11.8 Å². The Balaban J connectivity index is 1.49. The Kier molecular flexibility index (Phi) is 6.68. The molecule has 0 aliphatic heterocycles. The van der Waals surface area contributed by atoms with Crippen molar-refractivity contribution in [3.63, 3.8) is 0 Å². The smallest absolute Gasteiger partial charge is 0.349 e. The third kappa shape index (κ3) is 5.60. The maximum atomic E-state index is 12.7. The molecule has 3 rings (SSSR count). The summed E-state index contributed by atoms with van der Waals surface area (Å²) in [5.74, 6) is 2.08. The van der Waals surface area contributed by atoms with Crippen LogP contribution >= 0.6 is 0 Å². The fourth-order valence-electron chi connectivity index (χ4n) is 3.89. The number of imidazole rings is 1. The number of hydrogen-bond donors (Lipinski definition) is 1. The van der Waals surface area contributed by atoms with Gasteiger partial charge in [-0.25, -0.2) is 17.7 Å². The molecule has 0 unspecified atom stereocenters. The van der Waals surface area contributed by atoms with E-state index in [1.807, 2.05) is 6.20 Å². The van der Waals surface area contributed by atoms with Crippen molar-refractivity contribution in [3.05, 3.63) is 48.0 Å². The fraction of sp³-hybridized carbons (Fsp3) is 0.550. The largest absolute Gasteiger partial charge is 0.416 e. The van der Waals surface area contributed by atoms with Gasteiger partial charge in [-0.15, -0.1) is 0 Å². The Morgan fingerprint density at radius 2 is 1.72 bits per heavy atom. The first-order valence-electron chi connectivity index (χ1n) is 9.78. The number of alkyl halides is 3. The van der Waals surface area contributed by atoms with Gasteiger partial charge in [0.1, 0.15) is 5.82 Å². The molecule has 1 aliphatic rings. The van der Waals surface area contributed by atoms with Crippen molar-refractivity contribution in [1.82, 2.24) is 14.3 Å². The first-order chi connectivity index (χ1) is 13.7. The fourth-order valence-corrected chi connectivity index (χ4v) is 5.07. The zero-order chi connectivity index (χ0) is 21.1. The minimum Gasteiger partial charge on any atom is -0.349 e. The van der Waals surface area contributed by atoms with E-state index in [0.717, 1.165) is 68.6 Å². The summed E-state index contributed by atoms with van der Waals surface area (Å²) in [5.41, 5.74) is -0.856. The van der Waals surface area contributed by atoms with Gasteiger partial charge in [-0.05, 0) is 55.4 Å². The van der Waals surface area contributed by atoms with Gasteiger partial charge < -0.3 is 4.98 Å². The van der Waals surface area contributed by atoms with E-state index in [1.54, 1.807) is 6.20 Å². The molecule has 1 N–H and O–H groups in total. The SMILES string of the molecule is CN(CCC1CCC(Cc2ncc[nH]2)CC1)S(=O)(=O)c1ccc(C(F)(F)F)cc1. The second-order valence-electron chi connectivity index (χ2n) is 7.76. The molecule has 9 heteroatoms. The summed E-state index contributed by atoms with van der Waals surface area (Å²) in [6.07, 6.45) is 5.11. The number of H-pyrrole nitrogens is 1. The van der Waals surface area contributed by atoms with Gasteiger partial charge in [-0.1, -0.05) is 12.8 Å². The highest BCUT2D eigenvalue weighted by Crippen LogP contribution is 2.33. The molecule has 1 heterocycles. The van der Waals surface area contributed by atoms with Crippen LogP contribution in [0.2, 0.25) is 0 Å². The molecule has 5 nitrogen and oxygen atoms in total. The molecule has 29 heavy (non-hydrogen) atoms. The maximum absolute atomic E-state index is 12.7. The van der Waals surface area contributed by atoms with Crippen LogP contribution in [0.3, 0.4) is 0 Å². The van der Waals surface area contributed by atoms with Crippen LogP contribution in [-0.2, 0) is 22.6 Å². The van der Waals surface area contributed by atoms with Crippen LogP contribution < -0.4 is 0 Å². The third-order valence-electron chi connectivity index (χ3n) is 5.75. The molecule has 1 aromatic heterocycles. The lowest BCUT2D eigenvalue weighted by molar-refractivity contribution is -0.137. The van der Waals surface area contributed by atoms with Gasteiger partial charge in [0.2, 0.25) is 10.0 Å². The molecule has 0 amide bonds. The molecule has 1 aliphatic carbocycles. The topological polar surface area (TPSA) is 66.1 Å². The quantitative estimate of drug-likeness (QED) is 0.705. The Morgan fingerprint density at radius 3 is 2.28 bits per heavy atom. The first-order valence-corrected chi connectivity index (χ1v) is 11.2. The highest BCUT2D eigenvalue weighted by Gasteiger charge is 2.31. The predicted molar refractivity (Wildman–Crippen MR) is 104 cm³/mol. The number of halogens is 3. The number of rotatable bonds is 7. The molecule has 2 aromatic rings. The Morgan fingerprint density at radius 1 is 1.10 bits per heavy atom. The van der Waals surface area contributed by atoms with Crippen LogP contribution in [0.15, 0.2) is 41.6 Å².